The van der Waals surface area contributed by atoms with E-state index in [9.17, 15) is 9.59 Å². The Morgan fingerprint density at radius 2 is 0.904 bits per heavy atom. The third-order valence-corrected chi connectivity index (χ3v) is 8.72. The SMILES string of the molecule is CC(=O)Oc1ccc(C2CN2C)cc1.CN1CC1c1ccc(O)cc1.CNCC(C)c1ccc(O)cc1.CNCC(C)c1ccc(OC(C)=O)cc1. The zero-order valence-electron chi connectivity index (χ0n) is 31.8. The number of ether oxygens (including phenoxy) is 2. The van der Waals surface area contributed by atoms with Gasteiger partial charge < -0.3 is 30.3 Å². The van der Waals surface area contributed by atoms with Gasteiger partial charge in [0.15, 0.2) is 0 Å². The maximum absolute atomic E-state index is 10.7. The molecule has 2 heterocycles. The number of rotatable bonds is 10. The van der Waals surface area contributed by atoms with Crippen LogP contribution in [0.2, 0.25) is 0 Å². The molecule has 10 heteroatoms. The van der Waals surface area contributed by atoms with Crippen molar-refractivity contribution in [3.8, 4) is 23.0 Å². The molecular formula is C42H56N4O6. The topological polar surface area (TPSA) is 123 Å². The van der Waals surface area contributed by atoms with Gasteiger partial charge in [0.1, 0.15) is 23.0 Å². The number of benzene rings is 4. The highest BCUT2D eigenvalue weighted by atomic mass is 16.5. The summed E-state index contributed by atoms with van der Waals surface area (Å²) in [5, 5.41) is 24.3. The number of nitrogens with one attached hydrogen (secondary N) is 2. The smallest absolute Gasteiger partial charge is 0.308 e. The first-order valence-corrected chi connectivity index (χ1v) is 17.7. The standard InChI is InChI=1S/C12H17NO2.C11H13NO2.C10H15NO.C9H11NO/c1-9(8-13-3)11-4-6-12(7-5-11)15-10(2)14;1-8(13)14-10-5-3-9(4-6-10)11-7-12(11)2;1-8(7-11-2)9-3-5-10(12)6-4-9;1-10-6-9(10)7-2-4-8(11)5-3-7/h4-7,9,13H,8H2,1-3H3;3-6,11H,7H2,1-2H3;3-6,8,11-12H,7H2,1-2H3;2-5,9,11H,6H2,1H3. The van der Waals surface area contributed by atoms with Crippen molar-refractivity contribution in [3.63, 3.8) is 0 Å². The van der Waals surface area contributed by atoms with Gasteiger partial charge in [0, 0.05) is 52.1 Å². The van der Waals surface area contributed by atoms with E-state index in [0.29, 0.717) is 46.9 Å². The molecule has 4 N–H and O–H groups in total. The second-order valence-electron chi connectivity index (χ2n) is 13.3. The minimum atomic E-state index is -0.286. The van der Waals surface area contributed by atoms with E-state index in [1.807, 2.05) is 86.9 Å². The molecule has 0 radical (unpaired) electrons. The predicted molar refractivity (Wildman–Crippen MR) is 207 cm³/mol. The molecule has 0 spiro atoms. The molecular weight excluding hydrogens is 656 g/mol. The van der Waals surface area contributed by atoms with Crippen LogP contribution in [0.4, 0.5) is 0 Å². The maximum atomic E-state index is 10.7. The van der Waals surface area contributed by atoms with Crippen LogP contribution in [0, 0.1) is 0 Å². The normalized spacial score (nSPS) is 19.1. The van der Waals surface area contributed by atoms with Gasteiger partial charge in [-0.05, 0) is 111 Å². The lowest BCUT2D eigenvalue weighted by Gasteiger charge is -2.11. The first kappa shape index (κ1) is 41.7. The highest BCUT2D eigenvalue weighted by Gasteiger charge is 2.31. The van der Waals surface area contributed by atoms with E-state index in [2.05, 4.69) is 48.4 Å². The van der Waals surface area contributed by atoms with Crippen molar-refractivity contribution in [1.29, 1.82) is 0 Å². The van der Waals surface area contributed by atoms with Gasteiger partial charge in [0.05, 0.1) is 0 Å². The summed E-state index contributed by atoms with van der Waals surface area (Å²) in [4.78, 5) is 25.9. The van der Waals surface area contributed by atoms with E-state index in [1.54, 1.807) is 24.3 Å². The van der Waals surface area contributed by atoms with Gasteiger partial charge in [-0.3, -0.25) is 19.4 Å². The number of carbonyl (C=O) groups is 2. The van der Waals surface area contributed by atoms with Crippen LogP contribution in [0.3, 0.4) is 0 Å². The molecule has 10 nitrogen and oxygen atoms in total. The molecule has 0 bridgehead atoms. The van der Waals surface area contributed by atoms with Gasteiger partial charge in [-0.25, -0.2) is 0 Å². The summed E-state index contributed by atoms with van der Waals surface area (Å²) in [6, 6.07) is 31.2. The van der Waals surface area contributed by atoms with Crippen LogP contribution >= 0.6 is 0 Å². The first-order valence-electron chi connectivity index (χ1n) is 17.7. The molecule has 6 unspecified atom stereocenters. The average molecular weight is 713 g/mol. The molecule has 2 fully saturated rings. The molecule has 6 rings (SSSR count). The fraction of sp³-hybridized carbons (Fsp3) is 0.381. The highest BCUT2D eigenvalue weighted by Crippen LogP contribution is 2.33. The predicted octanol–water partition coefficient (Wildman–Crippen LogP) is 6.63. The number of likely N-dealkylation sites (N-methyl/N-ethyl adjacent to an activating group) is 4. The second-order valence-corrected chi connectivity index (χ2v) is 13.3. The van der Waals surface area contributed by atoms with Gasteiger partial charge in [-0.15, -0.1) is 0 Å². The molecule has 0 aliphatic carbocycles. The van der Waals surface area contributed by atoms with Crippen molar-refractivity contribution in [2.24, 2.45) is 0 Å². The Morgan fingerprint density at radius 3 is 1.21 bits per heavy atom. The molecule has 4 aromatic rings. The van der Waals surface area contributed by atoms with E-state index in [1.165, 1.54) is 36.1 Å². The zero-order valence-corrected chi connectivity index (χ0v) is 31.8. The molecule has 2 aliphatic rings. The molecule has 6 atom stereocenters. The van der Waals surface area contributed by atoms with E-state index in [4.69, 9.17) is 19.7 Å². The fourth-order valence-electron chi connectivity index (χ4n) is 5.47. The number of phenols is 2. The lowest BCUT2D eigenvalue weighted by Crippen LogP contribution is -2.14. The Balaban J connectivity index is 0.000000188. The molecule has 2 saturated heterocycles. The molecule has 0 aromatic heterocycles. The minimum Gasteiger partial charge on any atom is -0.508 e. The number of carbonyl (C=O) groups excluding carboxylic acids is 2. The molecule has 0 saturated carbocycles. The lowest BCUT2D eigenvalue weighted by molar-refractivity contribution is -0.132. The average Bonchev–Trinajstić information content (AvgIpc) is 4.04. The Kier molecular flexibility index (Phi) is 16.8. The first-order chi connectivity index (χ1) is 24.8. The van der Waals surface area contributed by atoms with Crippen molar-refractivity contribution >= 4 is 11.9 Å². The number of aromatic hydroxyl groups is 2. The van der Waals surface area contributed by atoms with Crippen LogP contribution in [-0.2, 0) is 9.59 Å². The molecule has 52 heavy (non-hydrogen) atoms. The van der Waals surface area contributed by atoms with Crippen molar-refractivity contribution in [2.75, 3.05) is 54.4 Å². The van der Waals surface area contributed by atoms with Gasteiger partial charge in [0.2, 0.25) is 0 Å². The van der Waals surface area contributed by atoms with Gasteiger partial charge in [-0.2, -0.15) is 0 Å². The third kappa shape index (κ3) is 14.9. The molecule has 0 amide bonds. The van der Waals surface area contributed by atoms with E-state index >= 15 is 0 Å². The number of esters is 2. The zero-order chi connectivity index (χ0) is 38.2. The Bertz CT molecular complexity index is 1650. The minimum absolute atomic E-state index is 0.277. The summed E-state index contributed by atoms with van der Waals surface area (Å²) >= 11 is 0. The van der Waals surface area contributed by atoms with Crippen molar-refractivity contribution in [2.45, 2.75) is 51.6 Å². The van der Waals surface area contributed by atoms with E-state index < -0.39 is 0 Å². The summed E-state index contributed by atoms with van der Waals surface area (Å²) in [5.41, 5.74) is 5.07. The van der Waals surface area contributed by atoms with Crippen LogP contribution in [-0.4, -0.2) is 86.3 Å². The van der Waals surface area contributed by atoms with Gasteiger partial charge >= 0.3 is 11.9 Å². The van der Waals surface area contributed by atoms with Crippen LogP contribution in [0.15, 0.2) is 97.1 Å². The van der Waals surface area contributed by atoms with E-state index in [0.717, 1.165) is 26.2 Å². The Labute approximate surface area is 309 Å². The number of hydrogen-bond acceptors (Lipinski definition) is 10. The van der Waals surface area contributed by atoms with Crippen molar-refractivity contribution < 1.29 is 29.3 Å². The summed E-state index contributed by atoms with van der Waals surface area (Å²) in [6.45, 7) is 11.3. The van der Waals surface area contributed by atoms with Crippen LogP contribution in [0.5, 0.6) is 23.0 Å². The van der Waals surface area contributed by atoms with Crippen LogP contribution in [0.25, 0.3) is 0 Å². The van der Waals surface area contributed by atoms with Crippen molar-refractivity contribution in [1.82, 2.24) is 20.4 Å². The third-order valence-electron chi connectivity index (χ3n) is 8.72. The molecule has 280 valence electrons. The molecule has 2 aliphatic heterocycles. The van der Waals surface area contributed by atoms with E-state index in [-0.39, 0.29) is 11.9 Å². The number of phenolic OH excluding ortho intramolecular Hbond substituents is 2. The monoisotopic (exact) mass is 712 g/mol. The quantitative estimate of drug-likeness (QED) is 0.0810. The van der Waals surface area contributed by atoms with Gasteiger partial charge in [-0.1, -0.05) is 62.4 Å². The Hall–Kier alpha value is -4.74. The summed E-state index contributed by atoms with van der Waals surface area (Å²) in [6.07, 6.45) is 0. The largest absolute Gasteiger partial charge is 0.508 e. The maximum Gasteiger partial charge on any atom is 0.308 e. The van der Waals surface area contributed by atoms with Gasteiger partial charge in [0.25, 0.3) is 0 Å². The molecule has 4 aromatic carbocycles. The highest BCUT2D eigenvalue weighted by molar-refractivity contribution is 5.69. The lowest BCUT2D eigenvalue weighted by atomic mass is 10.0. The van der Waals surface area contributed by atoms with Crippen LogP contribution in [0.1, 0.15) is 73.9 Å². The van der Waals surface area contributed by atoms with Crippen LogP contribution < -0.4 is 20.1 Å². The summed E-state index contributed by atoms with van der Waals surface area (Å²) in [5.74, 6) is 2.28. The fourth-order valence-corrected chi connectivity index (χ4v) is 5.47. The summed E-state index contributed by atoms with van der Waals surface area (Å²) < 4.78 is 9.90. The second kappa shape index (κ2) is 20.9. The number of nitrogens with zero attached hydrogens (tertiary/aromatic N) is 2. The van der Waals surface area contributed by atoms with Crippen molar-refractivity contribution in [3.05, 3.63) is 119 Å². The Morgan fingerprint density at radius 1 is 0.615 bits per heavy atom. The summed E-state index contributed by atoms with van der Waals surface area (Å²) in [7, 11) is 8.06. The number of hydrogen-bond donors (Lipinski definition) is 4.